The third-order valence-electron chi connectivity index (χ3n) is 8.25. The number of nitrogens with zero attached hydrogens (tertiary/aromatic N) is 2. The molecule has 0 atom stereocenters. The van der Waals surface area contributed by atoms with Gasteiger partial charge < -0.3 is 14.9 Å². The number of aryl methyl sites for hydroxylation is 4. The zero-order chi connectivity index (χ0) is 21.2. The SMILES string of the molecule is CC(C(=O)O)(c1cc2c3c(c1)CCCN3CCC2)c1cc2c3c(c1)CCCN3CCC2. The van der Waals surface area contributed by atoms with E-state index in [4.69, 9.17) is 0 Å². The molecule has 0 bridgehead atoms. The minimum atomic E-state index is -1.02. The van der Waals surface area contributed by atoms with Crippen LogP contribution in [0, 0.1) is 0 Å². The maximum atomic E-state index is 12.9. The van der Waals surface area contributed by atoms with Gasteiger partial charge in [-0.3, -0.25) is 4.79 Å². The first-order valence-electron chi connectivity index (χ1n) is 12.1. The fraction of sp³-hybridized carbons (Fsp3) is 0.519. The van der Waals surface area contributed by atoms with E-state index in [0.717, 1.165) is 63.0 Å². The van der Waals surface area contributed by atoms with E-state index in [9.17, 15) is 9.90 Å². The Labute approximate surface area is 184 Å². The molecule has 1 N–H and O–H groups in total. The topological polar surface area (TPSA) is 43.8 Å². The second-order valence-corrected chi connectivity index (χ2v) is 10.1. The lowest BCUT2D eigenvalue weighted by atomic mass is 9.72. The molecule has 6 rings (SSSR count). The molecule has 0 unspecified atom stereocenters. The van der Waals surface area contributed by atoms with Crippen molar-refractivity contribution in [2.75, 3.05) is 36.0 Å². The van der Waals surface area contributed by atoms with Crippen LogP contribution in [0.5, 0.6) is 0 Å². The fourth-order valence-electron chi connectivity index (χ4n) is 6.60. The van der Waals surface area contributed by atoms with Gasteiger partial charge in [-0.15, -0.1) is 0 Å². The van der Waals surface area contributed by atoms with Crippen molar-refractivity contribution in [1.82, 2.24) is 0 Å². The summed E-state index contributed by atoms with van der Waals surface area (Å²) in [6.07, 6.45) is 8.91. The van der Waals surface area contributed by atoms with Gasteiger partial charge in [0.2, 0.25) is 0 Å². The lowest BCUT2D eigenvalue weighted by Gasteiger charge is -2.40. The zero-order valence-corrected chi connectivity index (χ0v) is 18.5. The predicted octanol–water partition coefficient (Wildman–Crippen LogP) is 4.47. The van der Waals surface area contributed by atoms with Gasteiger partial charge in [0.1, 0.15) is 5.41 Å². The fourth-order valence-corrected chi connectivity index (χ4v) is 6.60. The highest BCUT2D eigenvalue weighted by molar-refractivity contribution is 5.87. The van der Waals surface area contributed by atoms with E-state index in [1.54, 1.807) is 0 Å². The first-order chi connectivity index (χ1) is 15.1. The molecule has 162 valence electrons. The largest absolute Gasteiger partial charge is 0.480 e. The van der Waals surface area contributed by atoms with Crippen LogP contribution >= 0.6 is 0 Å². The Bertz CT molecular complexity index is 935. The van der Waals surface area contributed by atoms with E-state index < -0.39 is 11.4 Å². The van der Waals surface area contributed by atoms with Crippen LogP contribution in [0.1, 0.15) is 66.0 Å². The standard InChI is InChI=1S/C27H32N2O2/c1-27(26(30)31,22-14-18-6-2-10-28-11-3-7-19(15-22)24(18)28)23-16-20-8-4-12-29-13-5-9-21(17-23)25(20)29/h14-17H,2-13H2,1H3,(H,30,31). The second-order valence-electron chi connectivity index (χ2n) is 10.1. The number of aliphatic carboxylic acids is 1. The van der Waals surface area contributed by atoms with Gasteiger partial charge in [-0.2, -0.15) is 0 Å². The highest BCUT2D eigenvalue weighted by Crippen LogP contribution is 2.44. The molecule has 0 fully saturated rings. The van der Waals surface area contributed by atoms with Crippen molar-refractivity contribution >= 4 is 17.3 Å². The molecule has 0 saturated carbocycles. The van der Waals surface area contributed by atoms with E-state index in [1.165, 1.54) is 59.3 Å². The van der Waals surface area contributed by atoms with Gasteiger partial charge in [-0.1, -0.05) is 24.3 Å². The van der Waals surface area contributed by atoms with Crippen LogP contribution in [0.2, 0.25) is 0 Å². The molecule has 4 heteroatoms. The minimum Gasteiger partial charge on any atom is -0.480 e. The van der Waals surface area contributed by atoms with E-state index in [1.807, 2.05) is 6.92 Å². The van der Waals surface area contributed by atoms with Gasteiger partial charge in [0.15, 0.2) is 0 Å². The average Bonchev–Trinajstić information content (AvgIpc) is 2.79. The molecule has 31 heavy (non-hydrogen) atoms. The van der Waals surface area contributed by atoms with Gasteiger partial charge in [-0.05, 0) is 91.7 Å². The lowest BCUT2D eigenvalue weighted by molar-refractivity contribution is -0.141. The molecule has 0 aliphatic carbocycles. The summed E-state index contributed by atoms with van der Waals surface area (Å²) in [6.45, 7) is 6.49. The molecular formula is C27H32N2O2. The number of carbonyl (C=O) groups is 1. The van der Waals surface area contributed by atoms with Gasteiger partial charge in [0.05, 0.1) is 0 Å². The van der Waals surface area contributed by atoms with Crippen LogP contribution in [0.4, 0.5) is 11.4 Å². The first-order valence-corrected chi connectivity index (χ1v) is 12.1. The van der Waals surface area contributed by atoms with Gasteiger partial charge in [-0.25, -0.2) is 0 Å². The van der Waals surface area contributed by atoms with E-state index in [2.05, 4.69) is 34.1 Å². The summed E-state index contributed by atoms with van der Waals surface area (Å²) in [5.74, 6) is -0.737. The summed E-state index contributed by atoms with van der Waals surface area (Å²) < 4.78 is 0. The molecule has 2 aromatic carbocycles. The normalized spacial score (nSPS) is 19.6. The number of hydrogen-bond acceptors (Lipinski definition) is 3. The number of benzene rings is 2. The number of carboxylic acids is 1. The van der Waals surface area contributed by atoms with Gasteiger partial charge in [0, 0.05) is 37.6 Å². The average molecular weight is 417 g/mol. The zero-order valence-electron chi connectivity index (χ0n) is 18.5. The van der Waals surface area contributed by atoms with E-state index in [-0.39, 0.29) is 0 Å². The Morgan fingerprint density at radius 3 is 1.32 bits per heavy atom. The van der Waals surface area contributed by atoms with E-state index in [0.29, 0.717) is 0 Å². The molecule has 4 nitrogen and oxygen atoms in total. The Hall–Kier alpha value is -2.49. The first kappa shape index (κ1) is 19.2. The monoisotopic (exact) mass is 416 g/mol. The van der Waals surface area contributed by atoms with Crippen molar-refractivity contribution in [2.24, 2.45) is 0 Å². The Kier molecular flexibility index (Phi) is 4.35. The molecule has 0 saturated heterocycles. The quantitative estimate of drug-likeness (QED) is 0.802. The van der Waals surface area contributed by atoms with Crippen LogP contribution in [-0.4, -0.2) is 37.3 Å². The van der Waals surface area contributed by atoms with Crippen molar-refractivity contribution in [3.05, 3.63) is 57.6 Å². The maximum absolute atomic E-state index is 12.9. The van der Waals surface area contributed by atoms with Crippen molar-refractivity contribution in [3.63, 3.8) is 0 Å². The summed E-state index contributed by atoms with van der Waals surface area (Å²) in [6, 6.07) is 8.90. The highest BCUT2D eigenvalue weighted by atomic mass is 16.4. The summed E-state index contributed by atoms with van der Waals surface area (Å²) in [4.78, 5) is 17.9. The number of anilines is 2. The van der Waals surface area contributed by atoms with Crippen LogP contribution < -0.4 is 9.80 Å². The van der Waals surface area contributed by atoms with Crippen LogP contribution in [0.3, 0.4) is 0 Å². The van der Waals surface area contributed by atoms with Crippen molar-refractivity contribution < 1.29 is 9.90 Å². The summed E-state index contributed by atoms with van der Waals surface area (Å²) in [5.41, 5.74) is 9.16. The molecule has 0 spiro atoms. The molecule has 0 aromatic heterocycles. The minimum absolute atomic E-state index is 0.737. The van der Waals surface area contributed by atoms with Crippen LogP contribution in [0.15, 0.2) is 24.3 Å². The van der Waals surface area contributed by atoms with Gasteiger partial charge >= 0.3 is 5.97 Å². The summed E-state index contributed by atoms with van der Waals surface area (Å²) in [5, 5.41) is 10.6. The van der Waals surface area contributed by atoms with Gasteiger partial charge in [0.25, 0.3) is 0 Å². The predicted molar refractivity (Wildman–Crippen MR) is 125 cm³/mol. The van der Waals surface area contributed by atoms with Crippen molar-refractivity contribution in [2.45, 2.75) is 63.7 Å². The molecule has 0 radical (unpaired) electrons. The highest BCUT2D eigenvalue weighted by Gasteiger charge is 2.40. The molecule has 2 aromatic rings. The molecular weight excluding hydrogens is 384 g/mol. The Morgan fingerprint density at radius 1 is 0.710 bits per heavy atom. The molecule has 4 aliphatic heterocycles. The lowest BCUT2D eigenvalue weighted by Crippen LogP contribution is -2.38. The summed E-state index contributed by atoms with van der Waals surface area (Å²) >= 11 is 0. The number of rotatable bonds is 3. The molecule has 4 aliphatic rings. The third-order valence-corrected chi connectivity index (χ3v) is 8.25. The number of hydrogen-bond donors (Lipinski definition) is 1. The van der Waals surface area contributed by atoms with E-state index >= 15 is 0 Å². The van der Waals surface area contributed by atoms with Crippen LogP contribution in [0.25, 0.3) is 0 Å². The third kappa shape index (κ3) is 2.83. The molecule has 4 heterocycles. The Morgan fingerprint density at radius 2 is 1.03 bits per heavy atom. The molecule has 0 amide bonds. The number of carboxylic acid groups (broad SMARTS) is 1. The Balaban J connectivity index is 1.53. The second kappa shape index (κ2) is 7.01. The smallest absolute Gasteiger partial charge is 0.318 e. The maximum Gasteiger partial charge on any atom is 0.318 e. The van der Waals surface area contributed by atoms with Crippen molar-refractivity contribution in [3.8, 4) is 0 Å². The summed E-state index contributed by atoms with van der Waals surface area (Å²) in [7, 11) is 0. The van der Waals surface area contributed by atoms with Crippen LogP contribution in [-0.2, 0) is 35.9 Å². The van der Waals surface area contributed by atoms with Crippen molar-refractivity contribution in [1.29, 1.82) is 0 Å².